The van der Waals surface area contributed by atoms with Crippen LogP contribution in [0.15, 0.2) is 48.9 Å². The average molecular weight is 307 g/mol. The summed E-state index contributed by atoms with van der Waals surface area (Å²) in [5.41, 5.74) is 4.02. The third-order valence-corrected chi connectivity index (χ3v) is 4.02. The van der Waals surface area contributed by atoms with Gasteiger partial charge < -0.3 is 5.32 Å². The zero-order chi connectivity index (χ0) is 15.6. The zero-order valence-electron chi connectivity index (χ0n) is 12.6. The van der Waals surface area contributed by atoms with E-state index in [-0.39, 0.29) is 5.91 Å². The largest absolute Gasteiger partial charge is 0.354 e. The van der Waals surface area contributed by atoms with Crippen LogP contribution in [0.25, 0.3) is 16.8 Å². The molecule has 0 aliphatic carbocycles. The summed E-state index contributed by atoms with van der Waals surface area (Å²) in [6.07, 6.45) is 5.70. The van der Waals surface area contributed by atoms with Crippen molar-refractivity contribution in [2.75, 3.05) is 19.6 Å². The molecule has 116 valence electrons. The first kappa shape index (κ1) is 13.9. The fourth-order valence-electron chi connectivity index (χ4n) is 2.90. The average Bonchev–Trinajstić information content (AvgIpc) is 2.99. The molecule has 6 heteroatoms. The molecule has 0 bridgehead atoms. The van der Waals surface area contributed by atoms with Gasteiger partial charge >= 0.3 is 0 Å². The van der Waals surface area contributed by atoms with Crippen LogP contribution in [0.5, 0.6) is 0 Å². The normalized spacial score (nSPS) is 15.7. The molecule has 1 aliphatic heterocycles. The van der Waals surface area contributed by atoms with E-state index in [2.05, 4.69) is 32.4 Å². The molecule has 0 spiro atoms. The van der Waals surface area contributed by atoms with Crippen LogP contribution in [-0.4, -0.2) is 45.0 Å². The predicted octanol–water partition coefficient (Wildman–Crippen LogP) is 1.33. The maximum absolute atomic E-state index is 11.5. The molecule has 1 aromatic carbocycles. The molecule has 3 heterocycles. The standard InChI is InChI=1S/C17H17N5O/c23-16-12-21(7-6-18-16)10-13-8-19-17-15(9-20-22(17)11-13)14-4-2-1-3-5-14/h1-5,8-9,11H,6-7,10,12H2,(H,18,23). The lowest BCUT2D eigenvalue weighted by atomic mass is 10.1. The number of amides is 1. The van der Waals surface area contributed by atoms with Crippen molar-refractivity contribution in [2.24, 2.45) is 0 Å². The number of carbonyl (C=O) groups excluding carboxylic acids is 1. The van der Waals surface area contributed by atoms with Crippen molar-refractivity contribution >= 4 is 11.6 Å². The molecule has 0 saturated carbocycles. The van der Waals surface area contributed by atoms with Crippen molar-refractivity contribution in [2.45, 2.75) is 6.54 Å². The van der Waals surface area contributed by atoms with E-state index in [0.29, 0.717) is 19.6 Å². The molecule has 1 amide bonds. The minimum Gasteiger partial charge on any atom is -0.354 e. The predicted molar refractivity (Wildman–Crippen MR) is 86.7 cm³/mol. The number of carbonyl (C=O) groups is 1. The van der Waals surface area contributed by atoms with Gasteiger partial charge in [0.15, 0.2) is 5.65 Å². The fourth-order valence-corrected chi connectivity index (χ4v) is 2.90. The summed E-state index contributed by atoms with van der Waals surface area (Å²) in [6, 6.07) is 10.1. The number of fused-ring (bicyclic) bond motifs is 1. The highest BCUT2D eigenvalue weighted by Gasteiger charge is 2.16. The summed E-state index contributed by atoms with van der Waals surface area (Å²) in [4.78, 5) is 18.1. The Morgan fingerprint density at radius 1 is 1.17 bits per heavy atom. The Morgan fingerprint density at radius 2 is 2.04 bits per heavy atom. The number of hydrogen-bond acceptors (Lipinski definition) is 4. The number of hydrogen-bond donors (Lipinski definition) is 1. The summed E-state index contributed by atoms with van der Waals surface area (Å²) in [6.45, 7) is 2.70. The van der Waals surface area contributed by atoms with E-state index in [9.17, 15) is 4.79 Å². The third kappa shape index (κ3) is 2.80. The molecule has 1 aliphatic rings. The van der Waals surface area contributed by atoms with Gasteiger partial charge in [-0.3, -0.25) is 9.69 Å². The number of piperazine rings is 1. The highest BCUT2D eigenvalue weighted by molar-refractivity contribution is 5.78. The van der Waals surface area contributed by atoms with Crippen LogP contribution in [0.4, 0.5) is 0 Å². The first-order valence-electron chi connectivity index (χ1n) is 7.66. The molecule has 1 saturated heterocycles. The summed E-state index contributed by atoms with van der Waals surface area (Å²) >= 11 is 0. The highest BCUT2D eigenvalue weighted by Crippen LogP contribution is 2.22. The Balaban J connectivity index is 1.61. The number of benzene rings is 1. The zero-order valence-corrected chi connectivity index (χ0v) is 12.6. The SMILES string of the molecule is O=C1CN(Cc2cnc3c(-c4ccccc4)cnn3c2)CCN1. The number of nitrogens with one attached hydrogen (secondary N) is 1. The highest BCUT2D eigenvalue weighted by atomic mass is 16.2. The number of nitrogens with zero attached hydrogens (tertiary/aromatic N) is 4. The monoisotopic (exact) mass is 307 g/mol. The van der Waals surface area contributed by atoms with E-state index < -0.39 is 0 Å². The molecule has 0 radical (unpaired) electrons. The Kier molecular flexibility index (Phi) is 3.51. The van der Waals surface area contributed by atoms with Gasteiger partial charge in [0.2, 0.25) is 5.91 Å². The number of rotatable bonds is 3. The second kappa shape index (κ2) is 5.81. The van der Waals surface area contributed by atoms with Gasteiger partial charge in [-0.25, -0.2) is 9.50 Å². The summed E-state index contributed by atoms with van der Waals surface area (Å²) < 4.78 is 1.81. The lowest BCUT2D eigenvalue weighted by molar-refractivity contribution is -0.124. The summed E-state index contributed by atoms with van der Waals surface area (Å²) in [7, 11) is 0. The molecule has 3 aromatic rings. The van der Waals surface area contributed by atoms with Crippen molar-refractivity contribution in [1.29, 1.82) is 0 Å². The van der Waals surface area contributed by atoms with E-state index in [1.165, 1.54) is 0 Å². The minimum atomic E-state index is 0.0794. The van der Waals surface area contributed by atoms with Gasteiger partial charge in [-0.15, -0.1) is 0 Å². The van der Waals surface area contributed by atoms with Crippen LogP contribution in [0.2, 0.25) is 0 Å². The van der Waals surface area contributed by atoms with Gasteiger partial charge in [0.05, 0.1) is 12.7 Å². The molecular formula is C17H17N5O. The van der Waals surface area contributed by atoms with E-state index in [1.54, 1.807) is 0 Å². The van der Waals surface area contributed by atoms with Crippen molar-refractivity contribution in [3.63, 3.8) is 0 Å². The lowest BCUT2D eigenvalue weighted by Gasteiger charge is -2.26. The van der Waals surface area contributed by atoms with Gasteiger partial charge in [-0.2, -0.15) is 5.10 Å². The van der Waals surface area contributed by atoms with Gasteiger partial charge in [0, 0.05) is 43.2 Å². The Morgan fingerprint density at radius 3 is 2.87 bits per heavy atom. The topological polar surface area (TPSA) is 62.5 Å². The van der Waals surface area contributed by atoms with E-state index in [0.717, 1.165) is 28.9 Å². The fraction of sp³-hybridized carbons (Fsp3) is 0.235. The van der Waals surface area contributed by atoms with Crippen LogP contribution >= 0.6 is 0 Å². The lowest BCUT2D eigenvalue weighted by Crippen LogP contribution is -2.47. The molecule has 0 unspecified atom stereocenters. The Labute approximate surface area is 133 Å². The van der Waals surface area contributed by atoms with Crippen molar-refractivity contribution in [3.05, 3.63) is 54.5 Å². The van der Waals surface area contributed by atoms with Crippen LogP contribution in [0, 0.1) is 0 Å². The first-order chi connectivity index (χ1) is 11.3. The maximum Gasteiger partial charge on any atom is 0.234 e. The maximum atomic E-state index is 11.5. The first-order valence-corrected chi connectivity index (χ1v) is 7.66. The van der Waals surface area contributed by atoms with Crippen molar-refractivity contribution in [1.82, 2.24) is 24.8 Å². The smallest absolute Gasteiger partial charge is 0.234 e. The molecule has 2 aromatic heterocycles. The van der Waals surface area contributed by atoms with Crippen molar-refractivity contribution in [3.8, 4) is 11.1 Å². The van der Waals surface area contributed by atoms with Crippen LogP contribution in [0.1, 0.15) is 5.56 Å². The van der Waals surface area contributed by atoms with E-state index in [1.807, 2.05) is 41.3 Å². The van der Waals surface area contributed by atoms with Crippen molar-refractivity contribution < 1.29 is 4.79 Å². The van der Waals surface area contributed by atoms with Gasteiger partial charge in [-0.05, 0) is 5.56 Å². The Bertz CT molecular complexity index is 843. The molecule has 1 N–H and O–H groups in total. The third-order valence-electron chi connectivity index (χ3n) is 4.02. The van der Waals surface area contributed by atoms with Crippen LogP contribution in [-0.2, 0) is 11.3 Å². The summed E-state index contributed by atoms with van der Waals surface area (Å²) in [5.74, 6) is 0.0794. The quantitative estimate of drug-likeness (QED) is 0.793. The second-order valence-electron chi connectivity index (χ2n) is 5.72. The molecule has 6 nitrogen and oxygen atoms in total. The van der Waals surface area contributed by atoms with Gasteiger partial charge in [0.1, 0.15) is 0 Å². The van der Waals surface area contributed by atoms with Gasteiger partial charge in [0.25, 0.3) is 0 Å². The molecule has 4 rings (SSSR count). The Hall–Kier alpha value is -2.73. The van der Waals surface area contributed by atoms with E-state index >= 15 is 0 Å². The molecule has 0 atom stereocenters. The molecule has 23 heavy (non-hydrogen) atoms. The second-order valence-corrected chi connectivity index (χ2v) is 5.72. The van der Waals surface area contributed by atoms with E-state index in [4.69, 9.17) is 0 Å². The van der Waals surface area contributed by atoms with Crippen LogP contribution < -0.4 is 5.32 Å². The summed E-state index contributed by atoms with van der Waals surface area (Å²) in [5, 5.41) is 7.26. The van der Waals surface area contributed by atoms with Crippen LogP contribution in [0.3, 0.4) is 0 Å². The molecular weight excluding hydrogens is 290 g/mol. The minimum absolute atomic E-state index is 0.0794. The van der Waals surface area contributed by atoms with Gasteiger partial charge in [-0.1, -0.05) is 30.3 Å². The number of aromatic nitrogens is 3. The molecule has 1 fully saturated rings.